The van der Waals surface area contributed by atoms with E-state index in [1.807, 2.05) is 0 Å². The van der Waals surface area contributed by atoms with Gasteiger partial charge in [-0.1, -0.05) is 12.8 Å². The molecule has 0 bridgehead atoms. The van der Waals surface area contributed by atoms with Crippen LogP contribution >= 0.6 is 23.6 Å². The van der Waals surface area contributed by atoms with Crippen molar-refractivity contribution in [2.45, 2.75) is 38.1 Å². The van der Waals surface area contributed by atoms with Crippen LogP contribution in [0.5, 0.6) is 0 Å². The summed E-state index contributed by atoms with van der Waals surface area (Å²) in [7, 11) is 0. The average Bonchev–Trinajstić information content (AvgIpc) is 2.90. The molecule has 1 aromatic heterocycles. The maximum atomic E-state index is 5.27. The van der Waals surface area contributed by atoms with Crippen LogP contribution in [0, 0.1) is 0 Å². The molecule has 2 nitrogen and oxygen atoms in total. The predicted octanol–water partition coefficient (Wildman–Crippen LogP) is 2.70. The molecule has 1 aliphatic carbocycles. The second kappa shape index (κ2) is 6.21. The van der Waals surface area contributed by atoms with Crippen molar-refractivity contribution >= 4 is 28.7 Å². The highest BCUT2D eigenvalue weighted by molar-refractivity contribution is 7.80. The van der Waals surface area contributed by atoms with Crippen molar-refractivity contribution in [1.82, 2.24) is 10.6 Å². The maximum Gasteiger partial charge on any atom is 0.166 e. The minimum atomic E-state index is 0.612. The molecule has 0 unspecified atom stereocenters. The van der Waals surface area contributed by atoms with Crippen molar-refractivity contribution in [3.63, 3.8) is 0 Å². The molecule has 1 aromatic rings. The Morgan fingerprint density at radius 1 is 1.44 bits per heavy atom. The van der Waals surface area contributed by atoms with Crippen molar-refractivity contribution in [2.75, 3.05) is 6.54 Å². The summed E-state index contributed by atoms with van der Waals surface area (Å²) in [5.74, 6) is 0. The molecule has 88 valence electrons. The van der Waals surface area contributed by atoms with E-state index in [1.54, 1.807) is 11.3 Å². The number of nitrogens with one attached hydrogen (secondary N) is 2. The molecule has 4 heteroatoms. The molecule has 0 saturated heterocycles. The molecular formula is C12H18N2S2. The van der Waals surface area contributed by atoms with Crippen molar-refractivity contribution in [3.8, 4) is 0 Å². The summed E-state index contributed by atoms with van der Waals surface area (Å²) >= 11 is 7.01. The van der Waals surface area contributed by atoms with Crippen LogP contribution in [0.4, 0.5) is 0 Å². The van der Waals surface area contributed by atoms with E-state index in [2.05, 4.69) is 27.5 Å². The number of thiocarbonyl (C=S) groups is 1. The SMILES string of the molecule is S=C(NCCc1ccsc1)NC1CCCC1. The van der Waals surface area contributed by atoms with Gasteiger partial charge in [-0.05, 0) is 53.9 Å². The van der Waals surface area contributed by atoms with Gasteiger partial charge >= 0.3 is 0 Å². The summed E-state index contributed by atoms with van der Waals surface area (Å²) in [5.41, 5.74) is 1.39. The minimum absolute atomic E-state index is 0.612. The van der Waals surface area contributed by atoms with Gasteiger partial charge < -0.3 is 10.6 Å². The van der Waals surface area contributed by atoms with Gasteiger partial charge in [0, 0.05) is 12.6 Å². The Bertz CT molecular complexity index is 316. The summed E-state index contributed by atoms with van der Waals surface area (Å²) in [4.78, 5) is 0. The molecule has 0 amide bonds. The highest BCUT2D eigenvalue weighted by Gasteiger charge is 2.14. The lowest BCUT2D eigenvalue weighted by Gasteiger charge is -2.15. The van der Waals surface area contributed by atoms with Crippen LogP contribution in [0.3, 0.4) is 0 Å². The first-order valence-corrected chi connectivity index (χ1v) is 7.25. The fourth-order valence-electron chi connectivity index (χ4n) is 2.06. The Balaban J connectivity index is 1.60. The van der Waals surface area contributed by atoms with Gasteiger partial charge in [-0.25, -0.2) is 0 Å². The van der Waals surface area contributed by atoms with E-state index in [4.69, 9.17) is 12.2 Å². The van der Waals surface area contributed by atoms with Crippen molar-refractivity contribution in [1.29, 1.82) is 0 Å². The molecule has 1 fully saturated rings. The first-order chi connectivity index (χ1) is 7.84. The fraction of sp³-hybridized carbons (Fsp3) is 0.583. The van der Waals surface area contributed by atoms with Crippen molar-refractivity contribution < 1.29 is 0 Å². The summed E-state index contributed by atoms with van der Waals surface area (Å²) in [6.45, 7) is 0.926. The van der Waals surface area contributed by atoms with Crippen molar-refractivity contribution in [3.05, 3.63) is 22.4 Å². The fourth-order valence-corrected chi connectivity index (χ4v) is 3.03. The Labute approximate surface area is 106 Å². The quantitative estimate of drug-likeness (QED) is 0.808. The van der Waals surface area contributed by atoms with Gasteiger partial charge in [0.1, 0.15) is 0 Å². The molecule has 0 aromatic carbocycles. The maximum absolute atomic E-state index is 5.27. The number of thiophene rings is 1. The third-order valence-corrected chi connectivity index (χ3v) is 3.96. The van der Waals surface area contributed by atoms with Gasteiger partial charge in [-0.2, -0.15) is 11.3 Å². The van der Waals surface area contributed by atoms with E-state index >= 15 is 0 Å². The van der Waals surface area contributed by atoms with Crippen LogP contribution in [-0.4, -0.2) is 17.7 Å². The van der Waals surface area contributed by atoms with E-state index in [1.165, 1.54) is 31.2 Å². The molecule has 1 heterocycles. The lowest BCUT2D eigenvalue weighted by molar-refractivity contribution is 0.621. The molecule has 0 radical (unpaired) electrons. The Morgan fingerprint density at radius 2 is 2.25 bits per heavy atom. The van der Waals surface area contributed by atoms with Gasteiger partial charge in [0.15, 0.2) is 5.11 Å². The first-order valence-electron chi connectivity index (χ1n) is 5.90. The number of hydrogen-bond acceptors (Lipinski definition) is 2. The molecule has 2 N–H and O–H groups in total. The summed E-state index contributed by atoms with van der Waals surface area (Å²) in [5, 5.41) is 11.8. The minimum Gasteiger partial charge on any atom is -0.362 e. The molecule has 16 heavy (non-hydrogen) atoms. The largest absolute Gasteiger partial charge is 0.362 e. The van der Waals surface area contributed by atoms with Gasteiger partial charge in [-0.15, -0.1) is 0 Å². The van der Waals surface area contributed by atoms with Gasteiger partial charge in [0.2, 0.25) is 0 Å². The van der Waals surface area contributed by atoms with Crippen LogP contribution in [0.2, 0.25) is 0 Å². The summed E-state index contributed by atoms with van der Waals surface area (Å²) in [6, 6.07) is 2.78. The van der Waals surface area contributed by atoms with Crippen LogP contribution in [-0.2, 0) is 6.42 Å². The topological polar surface area (TPSA) is 24.1 Å². The molecule has 0 aliphatic heterocycles. The molecule has 1 aliphatic rings. The smallest absolute Gasteiger partial charge is 0.166 e. The molecular weight excluding hydrogens is 236 g/mol. The van der Waals surface area contributed by atoms with Gasteiger partial charge in [-0.3, -0.25) is 0 Å². The Morgan fingerprint density at radius 3 is 2.94 bits per heavy atom. The summed E-state index contributed by atoms with van der Waals surface area (Å²) < 4.78 is 0. The first kappa shape index (κ1) is 11.9. The normalized spacial score (nSPS) is 16.2. The zero-order chi connectivity index (χ0) is 11.2. The Kier molecular flexibility index (Phi) is 4.60. The monoisotopic (exact) mass is 254 g/mol. The zero-order valence-electron chi connectivity index (χ0n) is 9.37. The standard InChI is InChI=1S/C12H18N2S2/c15-12(14-11-3-1-2-4-11)13-7-5-10-6-8-16-9-10/h6,8-9,11H,1-5,7H2,(H2,13,14,15). The predicted molar refractivity (Wildman–Crippen MR) is 74.0 cm³/mol. The lowest BCUT2D eigenvalue weighted by Crippen LogP contribution is -2.41. The highest BCUT2D eigenvalue weighted by atomic mass is 32.1. The van der Waals surface area contributed by atoms with Crippen LogP contribution in [0.15, 0.2) is 16.8 Å². The van der Waals surface area contributed by atoms with E-state index in [0.29, 0.717) is 6.04 Å². The van der Waals surface area contributed by atoms with Gasteiger partial charge in [0.25, 0.3) is 0 Å². The zero-order valence-corrected chi connectivity index (χ0v) is 11.0. The van der Waals surface area contributed by atoms with E-state index in [9.17, 15) is 0 Å². The summed E-state index contributed by atoms with van der Waals surface area (Å²) in [6.07, 6.45) is 6.28. The average molecular weight is 254 g/mol. The molecule has 0 spiro atoms. The third-order valence-electron chi connectivity index (χ3n) is 2.97. The van der Waals surface area contributed by atoms with Crippen LogP contribution < -0.4 is 10.6 Å². The third kappa shape index (κ3) is 3.76. The Hall–Kier alpha value is -0.610. The van der Waals surface area contributed by atoms with Crippen LogP contribution in [0.25, 0.3) is 0 Å². The van der Waals surface area contributed by atoms with E-state index < -0.39 is 0 Å². The van der Waals surface area contributed by atoms with Gasteiger partial charge in [0.05, 0.1) is 0 Å². The molecule has 0 atom stereocenters. The second-order valence-corrected chi connectivity index (χ2v) is 5.45. The molecule has 2 rings (SSSR count). The number of hydrogen-bond donors (Lipinski definition) is 2. The number of rotatable bonds is 4. The van der Waals surface area contributed by atoms with Crippen LogP contribution in [0.1, 0.15) is 31.2 Å². The molecule has 1 saturated carbocycles. The van der Waals surface area contributed by atoms with Crippen molar-refractivity contribution in [2.24, 2.45) is 0 Å². The van der Waals surface area contributed by atoms with E-state index in [0.717, 1.165) is 18.1 Å². The van der Waals surface area contributed by atoms with E-state index in [-0.39, 0.29) is 0 Å². The second-order valence-electron chi connectivity index (χ2n) is 4.26. The highest BCUT2D eigenvalue weighted by Crippen LogP contribution is 2.17. The lowest BCUT2D eigenvalue weighted by atomic mass is 10.2.